The summed E-state index contributed by atoms with van der Waals surface area (Å²) in [5, 5.41) is 17.9. The first-order valence-corrected chi connectivity index (χ1v) is 15.2. The molecule has 238 valence electrons. The lowest BCUT2D eigenvalue weighted by Crippen LogP contribution is -2.34. The van der Waals surface area contributed by atoms with Gasteiger partial charge in [0.1, 0.15) is 17.3 Å². The number of piperidine rings is 1. The van der Waals surface area contributed by atoms with Crippen LogP contribution in [0.5, 0.6) is 5.88 Å². The first-order chi connectivity index (χ1) is 21.3. The maximum atomic E-state index is 13.7. The molecule has 1 aromatic carbocycles. The number of nitrogens with zero attached hydrogens (tertiary/aromatic N) is 8. The highest BCUT2D eigenvalue weighted by atomic mass is 35.5. The Morgan fingerprint density at radius 2 is 1.64 bits per heavy atom. The highest BCUT2D eigenvalue weighted by Gasteiger charge is 2.40. The summed E-state index contributed by atoms with van der Waals surface area (Å²) in [4.78, 5) is 16.0. The number of imidazole rings is 2. The lowest BCUT2D eigenvalue weighted by Gasteiger charge is -2.32. The number of methoxy groups -OCH3 is 1. The number of rotatable bonds is 8. The van der Waals surface area contributed by atoms with Crippen molar-refractivity contribution in [3.05, 3.63) is 87.7 Å². The van der Waals surface area contributed by atoms with E-state index in [0.717, 1.165) is 50.1 Å². The maximum absolute atomic E-state index is 13.7. The number of aliphatic hydroxyl groups is 1. The number of aromatic nitrogens is 7. The number of hydrogen-bond acceptors (Lipinski definition) is 7. The second-order valence-electron chi connectivity index (χ2n) is 11.9. The van der Waals surface area contributed by atoms with Gasteiger partial charge in [0.2, 0.25) is 5.88 Å². The third-order valence-corrected chi connectivity index (χ3v) is 9.57. The molecule has 0 spiro atoms. The highest BCUT2D eigenvalue weighted by molar-refractivity contribution is 6.36. The Kier molecular flexibility index (Phi) is 7.95. The molecule has 0 unspecified atom stereocenters. The van der Waals surface area contributed by atoms with Gasteiger partial charge in [-0.2, -0.15) is 13.9 Å². The van der Waals surface area contributed by atoms with Crippen LogP contribution in [0.3, 0.4) is 0 Å². The van der Waals surface area contributed by atoms with Gasteiger partial charge in [-0.1, -0.05) is 17.7 Å². The fraction of sp³-hybridized carbons (Fsp3) is 0.438. The van der Waals surface area contributed by atoms with Crippen LogP contribution in [-0.4, -0.2) is 64.1 Å². The van der Waals surface area contributed by atoms with Gasteiger partial charge in [-0.05, 0) is 50.5 Å². The zero-order valence-electron chi connectivity index (χ0n) is 26.2. The summed E-state index contributed by atoms with van der Waals surface area (Å²) < 4.78 is 38.5. The van der Waals surface area contributed by atoms with Crippen molar-refractivity contribution < 1.29 is 18.6 Å². The molecule has 6 rings (SSSR count). The van der Waals surface area contributed by atoms with Crippen LogP contribution in [0.25, 0.3) is 10.9 Å². The summed E-state index contributed by atoms with van der Waals surface area (Å²) >= 11 is 7.15. The van der Waals surface area contributed by atoms with Crippen LogP contribution >= 0.6 is 11.6 Å². The van der Waals surface area contributed by atoms with Crippen LogP contribution in [0.2, 0.25) is 5.02 Å². The molecule has 13 heteroatoms. The zero-order chi connectivity index (χ0) is 32.3. The van der Waals surface area contributed by atoms with Crippen molar-refractivity contribution in [2.24, 2.45) is 14.1 Å². The molecule has 1 aliphatic rings. The van der Waals surface area contributed by atoms with Gasteiger partial charge in [0, 0.05) is 57.8 Å². The molecule has 0 radical (unpaired) electrons. The summed E-state index contributed by atoms with van der Waals surface area (Å²) in [5.74, 6) is -1.01. The quantitative estimate of drug-likeness (QED) is 0.243. The average molecular weight is 639 g/mol. The average Bonchev–Trinajstić information content (AvgIpc) is 3.74. The molecule has 1 aliphatic heterocycles. The first-order valence-electron chi connectivity index (χ1n) is 14.8. The van der Waals surface area contributed by atoms with Crippen molar-refractivity contribution in [1.82, 2.24) is 38.8 Å². The number of ether oxygens (including phenoxy) is 1. The fourth-order valence-electron chi connectivity index (χ4n) is 6.22. The Balaban J connectivity index is 1.34. The van der Waals surface area contributed by atoms with Crippen LogP contribution in [0, 0.1) is 13.8 Å². The third kappa shape index (κ3) is 5.38. The van der Waals surface area contributed by atoms with Crippen LogP contribution in [0.4, 0.5) is 8.78 Å². The van der Waals surface area contributed by atoms with Gasteiger partial charge in [-0.15, -0.1) is 0 Å². The lowest BCUT2D eigenvalue weighted by molar-refractivity contribution is 0.0116. The molecule has 4 aromatic heterocycles. The van der Waals surface area contributed by atoms with Crippen LogP contribution in [0.1, 0.15) is 65.7 Å². The largest absolute Gasteiger partial charge is 0.481 e. The Morgan fingerprint density at radius 3 is 2.16 bits per heavy atom. The molecule has 1 N–H and O–H groups in total. The van der Waals surface area contributed by atoms with Gasteiger partial charge >= 0.3 is 0 Å². The van der Waals surface area contributed by atoms with Gasteiger partial charge < -0.3 is 19.0 Å². The summed E-state index contributed by atoms with van der Waals surface area (Å²) in [6.45, 7) is 6.57. The number of hydrogen-bond donors (Lipinski definition) is 1. The molecule has 5 heterocycles. The SMILES string of the molecule is COc1nc2ccc(C(O)(c3cnc(C)n3C)c3cnc(C)n3C)cc2c(Cl)c1CN1CCC(n2ccc(C(C)(F)F)n2)CC1. The van der Waals surface area contributed by atoms with E-state index < -0.39 is 11.5 Å². The van der Waals surface area contributed by atoms with E-state index in [4.69, 9.17) is 21.3 Å². The van der Waals surface area contributed by atoms with Gasteiger partial charge in [-0.3, -0.25) is 9.58 Å². The van der Waals surface area contributed by atoms with Crippen LogP contribution in [-0.2, 0) is 32.2 Å². The number of alkyl halides is 2. The summed E-state index contributed by atoms with van der Waals surface area (Å²) in [6, 6.07) is 6.98. The van der Waals surface area contributed by atoms with E-state index in [2.05, 4.69) is 20.0 Å². The van der Waals surface area contributed by atoms with E-state index >= 15 is 0 Å². The van der Waals surface area contributed by atoms with Crippen molar-refractivity contribution in [2.45, 2.75) is 57.7 Å². The van der Waals surface area contributed by atoms with E-state index in [1.165, 1.54) is 6.07 Å². The van der Waals surface area contributed by atoms with Gasteiger partial charge in [0.05, 0.1) is 47.5 Å². The van der Waals surface area contributed by atoms with Gasteiger partial charge in [0.25, 0.3) is 5.92 Å². The molecule has 1 fully saturated rings. The van der Waals surface area contributed by atoms with Crippen molar-refractivity contribution >= 4 is 22.5 Å². The van der Waals surface area contributed by atoms with Crippen LogP contribution in [0.15, 0.2) is 42.9 Å². The van der Waals surface area contributed by atoms with Gasteiger partial charge in [0.15, 0.2) is 5.60 Å². The number of halogens is 3. The van der Waals surface area contributed by atoms with E-state index in [0.29, 0.717) is 45.3 Å². The van der Waals surface area contributed by atoms with Crippen molar-refractivity contribution in [1.29, 1.82) is 0 Å². The number of aryl methyl sites for hydroxylation is 2. The third-order valence-electron chi connectivity index (χ3n) is 9.14. The predicted molar refractivity (Wildman–Crippen MR) is 167 cm³/mol. The number of likely N-dealkylation sites (tertiary alicyclic amines) is 1. The molecule has 0 aliphatic carbocycles. The van der Waals surface area contributed by atoms with E-state index in [1.54, 1.807) is 30.4 Å². The summed E-state index contributed by atoms with van der Waals surface area (Å²) in [7, 11) is 5.32. The monoisotopic (exact) mass is 638 g/mol. The highest BCUT2D eigenvalue weighted by Crippen LogP contribution is 2.41. The molecular weight excluding hydrogens is 602 g/mol. The Labute approximate surface area is 265 Å². The van der Waals surface area contributed by atoms with E-state index in [-0.39, 0.29) is 11.7 Å². The smallest absolute Gasteiger partial charge is 0.288 e. The molecule has 1 saturated heterocycles. The zero-order valence-corrected chi connectivity index (χ0v) is 27.0. The second-order valence-corrected chi connectivity index (χ2v) is 12.3. The lowest BCUT2D eigenvalue weighted by atomic mass is 9.86. The van der Waals surface area contributed by atoms with E-state index in [1.807, 2.05) is 55.3 Å². The van der Waals surface area contributed by atoms with Crippen molar-refractivity contribution in [3.8, 4) is 5.88 Å². The summed E-state index contributed by atoms with van der Waals surface area (Å²) in [6.07, 6.45) is 6.51. The molecule has 0 amide bonds. The van der Waals surface area contributed by atoms with Crippen molar-refractivity contribution in [2.75, 3.05) is 20.2 Å². The minimum atomic E-state index is -2.97. The van der Waals surface area contributed by atoms with Gasteiger partial charge in [-0.25, -0.2) is 15.0 Å². The van der Waals surface area contributed by atoms with Crippen molar-refractivity contribution in [3.63, 3.8) is 0 Å². The fourth-order valence-corrected chi connectivity index (χ4v) is 6.51. The Hall–Kier alpha value is -3.87. The minimum absolute atomic E-state index is 0.0379. The molecule has 0 atom stereocenters. The predicted octanol–water partition coefficient (Wildman–Crippen LogP) is 5.41. The summed E-state index contributed by atoms with van der Waals surface area (Å²) in [5.41, 5.74) is 1.36. The normalized spacial score (nSPS) is 15.3. The van der Waals surface area contributed by atoms with E-state index in [9.17, 15) is 13.9 Å². The number of fused-ring (bicyclic) bond motifs is 1. The number of benzene rings is 1. The standard InChI is InChI=1S/C32H37ClF2N8O2/c1-19-36-16-27(40(19)4)32(44,28-17-37-20(2)41(28)5)21-7-8-25-23(15-21)29(33)24(30(38-25)45-6)18-42-12-9-22(10-13-42)43-14-11-26(39-43)31(3,34)35/h7-8,11,14-17,22,44H,9-10,12-13,18H2,1-6H3. The molecule has 45 heavy (non-hydrogen) atoms. The topological polar surface area (TPSA) is 99.0 Å². The molecule has 10 nitrogen and oxygen atoms in total. The molecular formula is C32H37ClF2N8O2. The molecule has 5 aromatic rings. The Morgan fingerprint density at radius 1 is 1.02 bits per heavy atom. The first kappa shape index (κ1) is 31.1. The maximum Gasteiger partial charge on any atom is 0.288 e. The molecule has 0 saturated carbocycles. The second kappa shape index (κ2) is 11.5. The van der Waals surface area contributed by atoms with Crippen LogP contribution < -0.4 is 4.74 Å². The number of pyridine rings is 1. The Bertz CT molecular complexity index is 1820. The minimum Gasteiger partial charge on any atom is -0.481 e. The molecule has 0 bridgehead atoms.